The maximum atomic E-state index is 11.3. The monoisotopic (exact) mass is 289 g/mol. The lowest BCUT2D eigenvalue weighted by atomic mass is 10.0. The maximum Gasteiger partial charge on any atom is 0.294 e. The van der Waals surface area contributed by atoms with E-state index in [9.17, 15) is 14.9 Å². The standard InChI is InChI=1S/C12H11N5O4/c18-12-2-1-7-3-9(13-5-11-14-6-21-16-11)10(17(19)20)4-8(7)15-12/h3-4,6,13H,1-2,5H2,(H,15,18). The number of carbonyl (C=O) groups excluding carboxylic acids is 1. The largest absolute Gasteiger partial charge is 0.372 e. The van der Waals surface area contributed by atoms with Crippen molar-refractivity contribution >= 4 is 23.0 Å². The highest BCUT2D eigenvalue weighted by molar-refractivity contribution is 5.95. The molecule has 1 amide bonds. The summed E-state index contributed by atoms with van der Waals surface area (Å²) in [5.74, 6) is 0.264. The Kier molecular flexibility index (Phi) is 3.22. The molecule has 0 fully saturated rings. The Balaban J connectivity index is 1.91. The minimum Gasteiger partial charge on any atom is -0.372 e. The van der Waals surface area contributed by atoms with Crippen LogP contribution in [0.5, 0.6) is 0 Å². The molecule has 2 heterocycles. The van der Waals surface area contributed by atoms with Crippen molar-refractivity contribution < 1.29 is 14.2 Å². The van der Waals surface area contributed by atoms with Crippen LogP contribution in [0, 0.1) is 10.1 Å². The zero-order chi connectivity index (χ0) is 14.8. The van der Waals surface area contributed by atoms with Gasteiger partial charge in [0.1, 0.15) is 5.69 Å². The van der Waals surface area contributed by atoms with Gasteiger partial charge in [-0.3, -0.25) is 14.9 Å². The second-order valence-electron chi connectivity index (χ2n) is 4.53. The minimum absolute atomic E-state index is 0.112. The summed E-state index contributed by atoms with van der Waals surface area (Å²) in [5.41, 5.74) is 1.60. The number of fused-ring (bicyclic) bond motifs is 1. The lowest BCUT2D eigenvalue weighted by Gasteiger charge is -2.18. The smallest absolute Gasteiger partial charge is 0.294 e. The third kappa shape index (κ3) is 2.66. The summed E-state index contributed by atoms with van der Waals surface area (Å²) in [6.07, 6.45) is 2.11. The second kappa shape index (κ2) is 5.19. The number of benzene rings is 1. The van der Waals surface area contributed by atoms with Gasteiger partial charge in [-0.1, -0.05) is 5.16 Å². The quantitative estimate of drug-likeness (QED) is 0.645. The van der Waals surface area contributed by atoms with E-state index in [4.69, 9.17) is 0 Å². The third-order valence-corrected chi connectivity index (χ3v) is 3.16. The van der Waals surface area contributed by atoms with E-state index in [-0.39, 0.29) is 18.1 Å². The predicted octanol–water partition coefficient (Wildman–Crippen LogP) is 1.47. The van der Waals surface area contributed by atoms with Crippen LogP contribution in [0.1, 0.15) is 17.8 Å². The number of hydrogen-bond acceptors (Lipinski definition) is 7. The molecule has 0 atom stereocenters. The number of rotatable bonds is 4. The number of nitro benzene ring substituents is 1. The number of aryl methyl sites for hydroxylation is 1. The van der Waals surface area contributed by atoms with E-state index in [1.165, 1.54) is 12.5 Å². The Morgan fingerprint density at radius 2 is 2.29 bits per heavy atom. The van der Waals surface area contributed by atoms with Gasteiger partial charge in [0.2, 0.25) is 12.3 Å². The lowest BCUT2D eigenvalue weighted by Crippen LogP contribution is -2.19. The highest BCUT2D eigenvalue weighted by atomic mass is 16.6. The van der Waals surface area contributed by atoms with Crippen LogP contribution in [0.4, 0.5) is 17.1 Å². The molecule has 0 spiro atoms. The molecular weight excluding hydrogens is 278 g/mol. The Bertz CT molecular complexity index is 698. The minimum atomic E-state index is -0.500. The summed E-state index contributed by atoms with van der Waals surface area (Å²) in [6, 6.07) is 3.04. The van der Waals surface area contributed by atoms with Crippen LogP contribution in [0.15, 0.2) is 23.0 Å². The molecule has 0 saturated heterocycles. The van der Waals surface area contributed by atoms with Crippen LogP contribution in [0.3, 0.4) is 0 Å². The first kappa shape index (κ1) is 13.0. The Labute approximate surface area is 118 Å². The first-order chi connectivity index (χ1) is 10.1. The van der Waals surface area contributed by atoms with Crippen LogP contribution >= 0.6 is 0 Å². The molecule has 1 aromatic carbocycles. The van der Waals surface area contributed by atoms with Crippen molar-refractivity contribution in [3.8, 4) is 0 Å². The van der Waals surface area contributed by atoms with Crippen molar-refractivity contribution in [3.05, 3.63) is 40.0 Å². The molecule has 1 aliphatic rings. The number of anilines is 2. The van der Waals surface area contributed by atoms with Crippen LogP contribution in [-0.2, 0) is 17.8 Å². The summed E-state index contributed by atoms with van der Waals surface area (Å²) in [6.45, 7) is 0.211. The van der Waals surface area contributed by atoms with E-state index < -0.39 is 4.92 Å². The number of nitrogens with zero attached hydrogens (tertiary/aromatic N) is 3. The van der Waals surface area contributed by atoms with E-state index >= 15 is 0 Å². The molecular formula is C12H11N5O4. The van der Waals surface area contributed by atoms with E-state index in [2.05, 4.69) is 25.3 Å². The summed E-state index contributed by atoms with van der Waals surface area (Å²) in [5, 5.41) is 20.3. The SMILES string of the molecule is O=C1CCc2cc(NCc3ncon3)c([N+](=O)[O-])cc2N1. The molecule has 0 bridgehead atoms. The number of amides is 1. The Morgan fingerprint density at radius 1 is 1.43 bits per heavy atom. The number of aromatic nitrogens is 2. The number of nitrogens with one attached hydrogen (secondary N) is 2. The molecule has 9 nitrogen and oxygen atoms in total. The third-order valence-electron chi connectivity index (χ3n) is 3.16. The highest BCUT2D eigenvalue weighted by Crippen LogP contribution is 2.34. The van der Waals surface area contributed by atoms with Gasteiger partial charge in [-0.05, 0) is 18.1 Å². The zero-order valence-corrected chi connectivity index (χ0v) is 10.8. The van der Waals surface area contributed by atoms with Crippen LogP contribution in [0.2, 0.25) is 0 Å². The van der Waals surface area contributed by atoms with E-state index in [0.29, 0.717) is 30.0 Å². The van der Waals surface area contributed by atoms with Crippen molar-refractivity contribution in [1.82, 2.24) is 10.1 Å². The molecule has 1 aromatic heterocycles. The number of hydrogen-bond donors (Lipinski definition) is 2. The van der Waals surface area contributed by atoms with Gasteiger partial charge in [-0.2, -0.15) is 4.98 Å². The van der Waals surface area contributed by atoms with Gasteiger partial charge >= 0.3 is 0 Å². The zero-order valence-electron chi connectivity index (χ0n) is 10.8. The van der Waals surface area contributed by atoms with Crippen molar-refractivity contribution in [2.24, 2.45) is 0 Å². The van der Waals surface area contributed by atoms with Gasteiger partial charge in [0.15, 0.2) is 5.82 Å². The fourth-order valence-electron chi connectivity index (χ4n) is 2.15. The number of carbonyl (C=O) groups is 1. The average Bonchev–Trinajstić information content (AvgIpc) is 2.97. The molecule has 3 rings (SSSR count). The highest BCUT2D eigenvalue weighted by Gasteiger charge is 2.22. The van der Waals surface area contributed by atoms with Crippen molar-refractivity contribution in [1.29, 1.82) is 0 Å². The summed E-state index contributed by atoms with van der Waals surface area (Å²) < 4.78 is 4.60. The topological polar surface area (TPSA) is 123 Å². The molecule has 1 aliphatic heterocycles. The van der Waals surface area contributed by atoms with Crippen molar-refractivity contribution in [2.45, 2.75) is 19.4 Å². The Hall–Kier alpha value is -2.97. The van der Waals surface area contributed by atoms with E-state index in [1.807, 2.05) is 0 Å². The number of nitro groups is 1. The van der Waals surface area contributed by atoms with Gasteiger partial charge in [0, 0.05) is 12.5 Å². The molecule has 108 valence electrons. The predicted molar refractivity (Wildman–Crippen MR) is 71.7 cm³/mol. The molecule has 0 unspecified atom stereocenters. The lowest BCUT2D eigenvalue weighted by molar-refractivity contribution is -0.383. The fourth-order valence-corrected chi connectivity index (χ4v) is 2.15. The summed E-state index contributed by atoms with van der Waals surface area (Å²) in [4.78, 5) is 25.8. The molecule has 0 aliphatic carbocycles. The molecule has 0 saturated carbocycles. The van der Waals surface area contributed by atoms with Crippen LogP contribution in [-0.4, -0.2) is 21.0 Å². The second-order valence-corrected chi connectivity index (χ2v) is 4.53. The van der Waals surface area contributed by atoms with Gasteiger partial charge in [0.25, 0.3) is 5.69 Å². The van der Waals surface area contributed by atoms with Crippen LogP contribution in [0.25, 0.3) is 0 Å². The van der Waals surface area contributed by atoms with Crippen molar-refractivity contribution in [2.75, 3.05) is 10.6 Å². The molecule has 2 aromatic rings. The van der Waals surface area contributed by atoms with Gasteiger partial charge < -0.3 is 15.2 Å². The fraction of sp³-hybridized carbons (Fsp3) is 0.250. The molecule has 21 heavy (non-hydrogen) atoms. The van der Waals surface area contributed by atoms with E-state index in [1.54, 1.807) is 6.07 Å². The summed E-state index contributed by atoms with van der Waals surface area (Å²) in [7, 11) is 0. The van der Waals surface area contributed by atoms with Crippen LogP contribution < -0.4 is 10.6 Å². The summed E-state index contributed by atoms with van der Waals surface area (Å²) >= 11 is 0. The van der Waals surface area contributed by atoms with Gasteiger partial charge in [0.05, 0.1) is 17.2 Å². The normalized spacial score (nSPS) is 13.4. The molecule has 9 heteroatoms. The average molecular weight is 289 g/mol. The van der Waals surface area contributed by atoms with Gasteiger partial charge in [-0.25, -0.2) is 0 Å². The first-order valence-electron chi connectivity index (χ1n) is 6.24. The molecule has 0 radical (unpaired) electrons. The Morgan fingerprint density at radius 3 is 3.00 bits per heavy atom. The molecule has 2 N–H and O–H groups in total. The van der Waals surface area contributed by atoms with Crippen molar-refractivity contribution in [3.63, 3.8) is 0 Å². The maximum absolute atomic E-state index is 11.3. The van der Waals surface area contributed by atoms with E-state index in [0.717, 1.165) is 5.56 Å². The van der Waals surface area contributed by atoms with Gasteiger partial charge in [-0.15, -0.1) is 0 Å². The first-order valence-corrected chi connectivity index (χ1v) is 6.24.